The van der Waals surface area contributed by atoms with Gasteiger partial charge in [-0.25, -0.2) is 14.5 Å². The van der Waals surface area contributed by atoms with Crippen LogP contribution in [0.2, 0.25) is 0 Å². The monoisotopic (exact) mass is 554 g/mol. The van der Waals surface area contributed by atoms with Gasteiger partial charge in [0.15, 0.2) is 0 Å². The van der Waals surface area contributed by atoms with Gasteiger partial charge in [0.1, 0.15) is 5.00 Å². The summed E-state index contributed by atoms with van der Waals surface area (Å²) in [4.78, 5) is 61.6. The van der Waals surface area contributed by atoms with Crippen LogP contribution < -0.4 is 10.6 Å². The summed E-state index contributed by atoms with van der Waals surface area (Å²) in [5.74, 6) is -0.368. The smallest absolute Gasteiger partial charge is 0.417 e. The van der Waals surface area contributed by atoms with Gasteiger partial charge >= 0.3 is 12.1 Å². The molecule has 0 bridgehead atoms. The molecule has 2 aromatic heterocycles. The second-order valence-electron chi connectivity index (χ2n) is 10.1. The topological polar surface area (TPSA) is 124 Å². The van der Waals surface area contributed by atoms with Gasteiger partial charge in [0.2, 0.25) is 5.60 Å². The Labute approximate surface area is 231 Å². The number of pyridine rings is 1. The maximum Gasteiger partial charge on any atom is 0.417 e. The summed E-state index contributed by atoms with van der Waals surface area (Å²) in [6, 6.07) is 7.22. The van der Waals surface area contributed by atoms with Gasteiger partial charge in [0, 0.05) is 45.0 Å². The number of anilines is 1. The fraction of sp³-hybridized carbons (Fsp3) is 0.519. The average Bonchev–Trinajstić information content (AvgIpc) is 3.46. The molecular formula is C27H34N6O5S. The Morgan fingerprint density at radius 1 is 1.18 bits per heavy atom. The molecule has 12 heteroatoms. The Hall–Kier alpha value is -3.51. The molecule has 208 valence electrons. The number of urea groups is 1. The van der Waals surface area contributed by atoms with Crippen LogP contribution in [-0.4, -0.2) is 94.5 Å². The fourth-order valence-corrected chi connectivity index (χ4v) is 6.70. The number of nitrogens with one attached hydrogen (secondary N) is 2. The van der Waals surface area contributed by atoms with E-state index >= 15 is 0 Å². The van der Waals surface area contributed by atoms with Crippen LogP contribution in [0.1, 0.15) is 49.9 Å². The number of nitrogens with zero attached hydrogens (tertiary/aromatic N) is 4. The normalized spacial score (nSPS) is 22.3. The molecule has 39 heavy (non-hydrogen) atoms. The second kappa shape index (κ2) is 11.3. The Kier molecular flexibility index (Phi) is 7.85. The summed E-state index contributed by atoms with van der Waals surface area (Å²) in [6.45, 7) is 6.72. The third kappa shape index (κ3) is 5.35. The molecule has 1 atom stereocenters. The van der Waals surface area contributed by atoms with Crippen molar-refractivity contribution in [3.8, 4) is 10.6 Å². The number of aromatic nitrogens is 1. The Morgan fingerprint density at radius 2 is 1.97 bits per heavy atom. The average molecular weight is 555 g/mol. The zero-order chi connectivity index (χ0) is 27.6. The Bertz CT molecular complexity index is 1240. The van der Waals surface area contributed by atoms with Crippen molar-refractivity contribution in [2.45, 2.75) is 51.2 Å². The van der Waals surface area contributed by atoms with Gasteiger partial charge in [0.05, 0.1) is 16.1 Å². The molecule has 5 heterocycles. The van der Waals surface area contributed by atoms with E-state index in [2.05, 4.69) is 20.5 Å². The van der Waals surface area contributed by atoms with Crippen molar-refractivity contribution in [1.29, 1.82) is 0 Å². The first-order valence-corrected chi connectivity index (χ1v) is 14.3. The van der Waals surface area contributed by atoms with E-state index in [1.54, 1.807) is 19.2 Å². The highest BCUT2D eigenvalue weighted by atomic mass is 32.1. The van der Waals surface area contributed by atoms with Crippen molar-refractivity contribution in [2.24, 2.45) is 0 Å². The van der Waals surface area contributed by atoms with E-state index in [4.69, 9.17) is 4.74 Å². The summed E-state index contributed by atoms with van der Waals surface area (Å²) in [6.07, 6.45) is 3.95. The predicted octanol–water partition coefficient (Wildman–Crippen LogP) is 3.39. The van der Waals surface area contributed by atoms with Crippen molar-refractivity contribution in [2.75, 3.05) is 44.6 Å². The van der Waals surface area contributed by atoms with Gasteiger partial charge in [-0.2, -0.15) is 0 Å². The number of imide groups is 1. The lowest BCUT2D eigenvalue weighted by Gasteiger charge is -2.44. The van der Waals surface area contributed by atoms with Crippen molar-refractivity contribution >= 4 is 40.3 Å². The SMILES string of the molecule is CCNC(=O)Nc1sc(-c2ccccn2)cc1C(=O)N1CCC(N2CCCC3(C2)OC(=O)N(CC)C3=O)CC1. The van der Waals surface area contributed by atoms with E-state index in [9.17, 15) is 19.2 Å². The van der Waals surface area contributed by atoms with E-state index < -0.39 is 11.7 Å². The summed E-state index contributed by atoms with van der Waals surface area (Å²) < 4.78 is 5.63. The molecule has 3 saturated heterocycles. The number of likely N-dealkylation sites (tertiary alicyclic amines) is 2. The summed E-state index contributed by atoms with van der Waals surface area (Å²) in [7, 11) is 0. The number of hydrogen-bond acceptors (Lipinski definition) is 8. The summed E-state index contributed by atoms with van der Waals surface area (Å²) in [5.41, 5.74) is 0.101. The van der Waals surface area contributed by atoms with Gasteiger partial charge in [-0.15, -0.1) is 11.3 Å². The maximum atomic E-state index is 13.7. The first-order chi connectivity index (χ1) is 18.8. The van der Waals surface area contributed by atoms with Gasteiger partial charge in [-0.3, -0.25) is 24.8 Å². The standard InChI is InChI=1S/C27H34N6O5S/c1-3-28-25(36)30-22-19(16-21(39-22)20-8-5-6-12-29-20)23(34)31-14-9-18(10-15-31)32-13-7-11-27(17-32)24(35)33(4-2)26(37)38-27/h5-6,8,12,16,18H,3-4,7,9-11,13-15,17H2,1-2H3,(H2,28,30,36). The number of carbonyl (C=O) groups excluding carboxylic acids is 4. The van der Waals surface area contributed by atoms with E-state index in [1.165, 1.54) is 16.2 Å². The summed E-state index contributed by atoms with van der Waals surface area (Å²) >= 11 is 1.33. The van der Waals surface area contributed by atoms with Gasteiger partial charge < -0.3 is 15.0 Å². The van der Waals surface area contributed by atoms with Crippen molar-refractivity contribution in [3.05, 3.63) is 36.0 Å². The number of piperidine rings is 2. The number of thiophene rings is 1. The molecule has 1 spiro atoms. The highest BCUT2D eigenvalue weighted by Crippen LogP contribution is 2.37. The Morgan fingerprint density at radius 3 is 2.64 bits per heavy atom. The lowest BCUT2D eigenvalue weighted by molar-refractivity contribution is -0.142. The van der Waals surface area contributed by atoms with Crippen LogP contribution in [-0.2, 0) is 9.53 Å². The van der Waals surface area contributed by atoms with Crippen molar-refractivity contribution < 1.29 is 23.9 Å². The fourth-order valence-electron chi connectivity index (χ4n) is 5.68. The van der Waals surface area contributed by atoms with E-state index in [0.717, 1.165) is 36.4 Å². The Balaban J connectivity index is 1.27. The number of hydrogen-bond donors (Lipinski definition) is 2. The largest absolute Gasteiger partial charge is 0.431 e. The summed E-state index contributed by atoms with van der Waals surface area (Å²) in [5, 5.41) is 6.04. The predicted molar refractivity (Wildman–Crippen MR) is 147 cm³/mol. The molecular weight excluding hydrogens is 520 g/mol. The van der Waals surface area contributed by atoms with Crippen LogP contribution in [0, 0.1) is 0 Å². The molecule has 0 radical (unpaired) electrons. The number of ether oxygens (including phenoxy) is 1. The molecule has 0 aromatic carbocycles. The van der Waals surface area contributed by atoms with E-state index in [0.29, 0.717) is 49.7 Å². The molecule has 3 aliphatic heterocycles. The number of amides is 5. The maximum absolute atomic E-state index is 13.7. The molecule has 2 N–H and O–H groups in total. The quantitative estimate of drug-likeness (QED) is 0.561. The van der Waals surface area contributed by atoms with Crippen molar-refractivity contribution in [1.82, 2.24) is 25.0 Å². The van der Waals surface area contributed by atoms with E-state index in [1.807, 2.05) is 30.0 Å². The molecule has 1 unspecified atom stereocenters. The van der Waals surface area contributed by atoms with Crippen LogP contribution in [0.25, 0.3) is 10.6 Å². The molecule has 3 aliphatic rings. The highest BCUT2D eigenvalue weighted by molar-refractivity contribution is 7.20. The minimum absolute atomic E-state index is 0.132. The van der Waals surface area contributed by atoms with Crippen LogP contribution in [0.5, 0.6) is 0 Å². The number of rotatable bonds is 6. The van der Waals surface area contributed by atoms with Gasteiger partial charge in [-0.05, 0) is 64.3 Å². The molecule has 5 amide bonds. The highest BCUT2D eigenvalue weighted by Gasteiger charge is 2.55. The minimum Gasteiger partial charge on any atom is -0.431 e. The van der Waals surface area contributed by atoms with Crippen LogP contribution in [0.4, 0.5) is 14.6 Å². The number of carbonyl (C=O) groups is 4. The van der Waals surface area contributed by atoms with Gasteiger partial charge in [-0.1, -0.05) is 6.07 Å². The third-order valence-electron chi connectivity index (χ3n) is 7.65. The van der Waals surface area contributed by atoms with E-state index in [-0.39, 0.29) is 23.9 Å². The molecule has 0 aliphatic carbocycles. The molecule has 0 saturated carbocycles. The van der Waals surface area contributed by atoms with Crippen molar-refractivity contribution in [3.63, 3.8) is 0 Å². The molecule has 5 rings (SSSR count). The number of likely N-dealkylation sites (N-methyl/N-ethyl adjacent to an activating group) is 1. The lowest BCUT2D eigenvalue weighted by atomic mass is 9.89. The zero-order valence-electron chi connectivity index (χ0n) is 22.3. The first-order valence-electron chi connectivity index (χ1n) is 13.5. The zero-order valence-corrected chi connectivity index (χ0v) is 23.1. The first kappa shape index (κ1) is 27.1. The second-order valence-corrected chi connectivity index (χ2v) is 11.1. The lowest BCUT2D eigenvalue weighted by Crippen LogP contribution is -2.58. The minimum atomic E-state index is -1.09. The molecule has 3 fully saturated rings. The van der Waals surface area contributed by atoms with Crippen LogP contribution in [0.3, 0.4) is 0 Å². The van der Waals surface area contributed by atoms with Crippen LogP contribution >= 0.6 is 11.3 Å². The molecule has 11 nitrogen and oxygen atoms in total. The third-order valence-corrected chi connectivity index (χ3v) is 8.72. The van der Waals surface area contributed by atoms with Crippen LogP contribution in [0.15, 0.2) is 30.5 Å². The molecule has 2 aromatic rings. The van der Waals surface area contributed by atoms with Gasteiger partial charge in [0.25, 0.3) is 11.8 Å².